The van der Waals surface area contributed by atoms with Gasteiger partial charge in [-0.2, -0.15) is 5.10 Å². The number of rotatable bonds is 4. The Kier molecular flexibility index (Phi) is 4.99. The summed E-state index contributed by atoms with van der Waals surface area (Å²) in [5.74, 6) is -0.652. The molecule has 1 aromatic carbocycles. The average Bonchev–Trinajstić information content (AvgIpc) is 3.48. The number of carbonyl (C=O) groups is 2. The zero-order valence-corrected chi connectivity index (χ0v) is 17.7. The fourth-order valence-corrected chi connectivity index (χ4v) is 4.95. The Labute approximate surface area is 184 Å². The lowest BCUT2D eigenvalue weighted by molar-refractivity contribution is -0.0268. The van der Waals surface area contributed by atoms with Crippen molar-refractivity contribution >= 4 is 11.8 Å². The van der Waals surface area contributed by atoms with Crippen molar-refractivity contribution in [1.29, 1.82) is 0 Å². The summed E-state index contributed by atoms with van der Waals surface area (Å²) in [5, 5.41) is 17.7. The molecule has 2 amide bonds. The molecule has 2 N–H and O–H groups in total. The van der Waals surface area contributed by atoms with Crippen LogP contribution in [0, 0.1) is 11.2 Å². The molecule has 3 aromatic rings. The van der Waals surface area contributed by atoms with Gasteiger partial charge in [0.25, 0.3) is 11.8 Å². The van der Waals surface area contributed by atoms with Gasteiger partial charge in [0, 0.05) is 25.7 Å². The Morgan fingerprint density at radius 2 is 1.94 bits per heavy atom. The zero-order valence-electron chi connectivity index (χ0n) is 17.7. The van der Waals surface area contributed by atoms with Crippen LogP contribution in [0.15, 0.2) is 36.7 Å². The molecule has 1 saturated carbocycles. The van der Waals surface area contributed by atoms with Crippen LogP contribution in [0.1, 0.15) is 52.6 Å². The van der Waals surface area contributed by atoms with Gasteiger partial charge in [0.05, 0.1) is 29.7 Å². The van der Waals surface area contributed by atoms with E-state index in [1.165, 1.54) is 18.3 Å². The Hall–Kier alpha value is -3.56. The van der Waals surface area contributed by atoms with Gasteiger partial charge in [0.1, 0.15) is 5.82 Å². The largest absolute Gasteiger partial charge is 0.354 e. The van der Waals surface area contributed by atoms with Crippen LogP contribution in [0.5, 0.6) is 0 Å². The number of halogens is 1. The van der Waals surface area contributed by atoms with E-state index in [-0.39, 0.29) is 29.1 Å². The highest BCUT2D eigenvalue weighted by Gasteiger charge is 2.50. The van der Waals surface area contributed by atoms with Crippen molar-refractivity contribution < 1.29 is 14.0 Å². The number of piperidine rings is 1. The summed E-state index contributed by atoms with van der Waals surface area (Å²) in [7, 11) is 1.57. The summed E-state index contributed by atoms with van der Waals surface area (Å²) in [6.07, 6.45) is 7.03. The van der Waals surface area contributed by atoms with Gasteiger partial charge in [-0.15, -0.1) is 5.10 Å². The minimum Gasteiger partial charge on any atom is -0.354 e. The predicted molar refractivity (Wildman–Crippen MR) is 113 cm³/mol. The van der Waals surface area contributed by atoms with E-state index >= 15 is 0 Å². The van der Waals surface area contributed by atoms with E-state index in [0.29, 0.717) is 30.0 Å². The predicted octanol–water partition coefficient (Wildman–Crippen LogP) is 2.42. The molecule has 1 aliphatic heterocycles. The first-order chi connectivity index (χ1) is 15.5. The zero-order chi connectivity index (χ0) is 22.3. The van der Waals surface area contributed by atoms with Gasteiger partial charge in [0.2, 0.25) is 0 Å². The maximum absolute atomic E-state index is 13.3. The number of likely N-dealkylation sites (tertiary alicyclic amines) is 1. The molecule has 5 rings (SSSR count). The molecule has 1 unspecified atom stereocenters. The monoisotopic (exact) mass is 437 g/mol. The lowest BCUT2D eigenvalue weighted by Gasteiger charge is -2.53. The van der Waals surface area contributed by atoms with Crippen molar-refractivity contribution in [3.8, 4) is 11.3 Å². The molecule has 9 nitrogen and oxygen atoms in total. The molecule has 0 radical (unpaired) electrons. The van der Waals surface area contributed by atoms with Crippen LogP contribution in [0.3, 0.4) is 0 Å². The molecular weight excluding hydrogens is 413 g/mol. The Bertz CT molecular complexity index is 1150. The van der Waals surface area contributed by atoms with E-state index in [2.05, 4.69) is 25.8 Å². The molecule has 1 atom stereocenters. The third-order valence-electron chi connectivity index (χ3n) is 6.96. The number of nitrogens with one attached hydrogen (secondary N) is 2. The number of aromatic nitrogens is 5. The minimum atomic E-state index is -0.327. The topological polar surface area (TPSA) is 109 Å². The summed E-state index contributed by atoms with van der Waals surface area (Å²) in [6.45, 7) is 1.28. The third-order valence-corrected chi connectivity index (χ3v) is 6.96. The van der Waals surface area contributed by atoms with E-state index < -0.39 is 0 Å². The quantitative estimate of drug-likeness (QED) is 0.652. The summed E-state index contributed by atoms with van der Waals surface area (Å²) in [5.41, 5.74) is 2.19. The van der Waals surface area contributed by atoms with E-state index in [1.54, 1.807) is 25.4 Å². The summed E-state index contributed by atoms with van der Waals surface area (Å²) < 4.78 is 15.1. The van der Waals surface area contributed by atoms with Crippen molar-refractivity contribution in [2.45, 2.75) is 31.7 Å². The summed E-state index contributed by atoms with van der Waals surface area (Å²) in [4.78, 5) is 26.9. The molecular formula is C22H24FN7O2. The van der Waals surface area contributed by atoms with Crippen LogP contribution in [-0.2, 0) is 0 Å². The van der Waals surface area contributed by atoms with Crippen molar-refractivity contribution in [3.05, 3.63) is 53.7 Å². The van der Waals surface area contributed by atoms with Crippen molar-refractivity contribution in [3.63, 3.8) is 0 Å². The van der Waals surface area contributed by atoms with Gasteiger partial charge in [0.15, 0.2) is 5.69 Å². The molecule has 1 aliphatic carbocycles. The maximum atomic E-state index is 13.3. The van der Waals surface area contributed by atoms with E-state index in [1.807, 2.05) is 9.58 Å². The summed E-state index contributed by atoms with van der Waals surface area (Å²) >= 11 is 0. The number of benzene rings is 1. The second kappa shape index (κ2) is 7.85. The number of nitrogens with zero attached hydrogens (tertiary/aromatic N) is 5. The van der Waals surface area contributed by atoms with Crippen LogP contribution in [0.4, 0.5) is 4.39 Å². The van der Waals surface area contributed by atoms with Crippen LogP contribution in [-0.4, -0.2) is 62.0 Å². The van der Waals surface area contributed by atoms with E-state index in [0.717, 1.165) is 31.2 Å². The van der Waals surface area contributed by atoms with Gasteiger partial charge in [-0.1, -0.05) is 5.21 Å². The molecule has 0 bridgehead atoms. The second-order valence-electron chi connectivity index (χ2n) is 8.54. The van der Waals surface area contributed by atoms with Crippen LogP contribution < -0.4 is 5.32 Å². The highest BCUT2D eigenvalue weighted by atomic mass is 19.1. The smallest absolute Gasteiger partial charge is 0.273 e. The lowest BCUT2D eigenvalue weighted by Crippen LogP contribution is -2.51. The normalized spacial score (nSPS) is 19.6. The van der Waals surface area contributed by atoms with Gasteiger partial charge in [-0.25, -0.2) is 9.07 Å². The third kappa shape index (κ3) is 3.35. The molecule has 32 heavy (non-hydrogen) atoms. The van der Waals surface area contributed by atoms with Crippen molar-refractivity contribution in [2.24, 2.45) is 5.41 Å². The number of hydrogen-bond donors (Lipinski definition) is 2. The first-order valence-electron chi connectivity index (χ1n) is 10.7. The fourth-order valence-electron chi connectivity index (χ4n) is 4.95. The van der Waals surface area contributed by atoms with Gasteiger partial charge in [-0.05, 0) is 55.4 Å². The van der Waals surface area contributed by atoms with Gasteiger partial charge < -0.3 is 10.2 Å². The Balaban J connectivity index is 1.28. The number of carbonyl (C=O) groups excluding carboxylic acids is 2. The Morgan fingerprint density at radius 1 is 1.19 bits per heavy atom. The average molecular weight is 437 g/mol. The highest BCUT2D eigenvalue weighted by Crippen LogP contribution is 2.56. The first kappa shape index (κ1) is 20.3. The standard InChI is InChI=1S/C22H24FN7O2/c1-24-20(31)17-13-30(28-26-17)18-6-7-22(18)8-10-29(11-9-22)21(32)16-12-25-27-19(16)14-2-4-15(23)5-3-14/h2-5,12-13,18H,6-11H2,1H3,(H,24,31)(H,25,27). The number of amides is 2. The number of aromatic amines is 1. The second-order valence-corrected chi connectivity index (χ2v) is 8.54. The fraction of sp³-hybridized carbons (Fsp3) is 0.409. The number of hydrogen-bond acceptors (Lipinski definition) is 5. The molecule has 2 aliphatic rings. The highest BCUT2D eigenvalue weighted by molar-refractivity contribution is 5.99. The molecule has 166 valence electrons. The Morgan fingerprint density at radius 3 is 2.59 bits per heavy atom. The maximum Gasteiger partial charge on any atom is 0.273 e. The van der Waals surface area contributed by atoms with Gasteiger partial charge >= 0.3 is 0 Å². The van der Waals surface area contributed by atoms with Crippen molar-refractivity contribution in [2.75, 3.05) is 20.1 Å². The molecule has 2 fully saturated rings. The van der Waals surface area contributed by atoms with Gasteiger partial charge in [-0.3, -0.25) is 14.7 Å². The summed E-state index contributed by atoms with van der Waals surface area (Å²) in [6, 6.07) is 6.19. The molecule has 1 spiro atoms. The SMILES string of the molecule is CNC(=O)c1cn(C2CCC23CCN(C(=O)c2cn[nH]c2-c2ccc(F)cc2)CC3)nn1. The van der Waals surface area contributed by atoms with E-state index in [4.69, 9.17) is 0 Å². The number of H-pyrrole nitrogens is 1. The lowest BCUT2D eigenvalue weighted by atomic mass is 9.59. The van der Waals surface area contributed by atoms with E-state index in [9.17, 15) is 14.0 Å². The van der Waals surface area contributed by atoms with Crippen LogP contribution in [0.25, 0.3) is 11.3 Å². The van der Waals surface area contributed by atoms with Crippen molar-refractivity contribution in [1.82, 2.24) is 35.4 Å². The van der Waals surface area contributed by atoms with Crippen LogP contribution in [0.2, 0.25) is 0 Å². The molecule has 3 heterocycles. The van der Waals surface area contributed by atoms with Crippen LogP contribution >= 0.6 is 0 Å². The molecule has 10 heteroatoms. The molecule has 2 aromatic heterocycles. The minimum absolute atomic E-state index is 0.0701. The first-order valence-corrected chi connectivity index (χ1v) is 10.7. The molecule has 1 saturated heterocycles.